The summed E-state index contributed by atoms with van der Waals surface area (Å²) < 4.78 is 5.04. The van der Waals surface area contributed by atoms with Gasteiger partial charge in [0.1, 0.15) is 17.2 Å². The van der Waals surface area contributed by atoms with Gasteiger partial charge < -0.3 is 14.9 Å². The first-order valence-electron chi connectivity index (χ1n) is 5.98. The Morgan fingerprint density at radius 3 is 2.45 bits per heavy atom. The third-order valence-corrected chi connectivity index (χ3v) is 2.79. The van der Waals surface area contributed by atoms with Gasteiger partial charge in [0, 0.05) is 0 Å². The van der Waals surface area contributed by atoms with Gasteiger partial charge in [-0.25, -0.2) is 0 Å². The maximum atomic E-state index is 11.9. The highest BCUT2D eigenvalue weighted by molar-refractivity contribution is 6.08. The molecule has 4 heteroatoms. The number of phenols is 2. The zero-order valence-corrected chi connectivity index (χ0v) is 10.9. The first-order chi connectivity index (χ1) is 9.60. The second kappa shape index (κ2) is 5.93. The summed E-state index contributed by atoms with van der Waals surface area (Å²) in [4.78, 5) is 11.9. The van der Waals surface area contributed by atoms with E-state index in [4.69, 9.17) is 4.74 Å². The van der Waals surface area contributed by atoms with Crippen molar-refractivity contribution in [1.82, 2.24) is 0 Å². The summed E-state index contributed by atoms with van der Waals surface area (Å²) in [6.45, 7) is 0. The lowest BCUT2D eigenvalue weighted by Crippen LogP contribution is -1.94. The van der Waals surface area contributed by atoms with Crippen LogP contribution in [0.15, 0.2) is 48.5 Å². The van der Waals surface area contributed by atoms with Gasteiger partial charge >= 0.3 is 0 Å². The number of aromatic hydroxyl groups is 2. The molecule has 2 aromatic rings. The van der Waals surface area contributed by atoms with E-state index in [1.165, 1.54) is 24.3 Å². The van der Waals surface area contributed by atoms with Crippen molar-refractivity contribution in [3.8, 4) is 17.2 Å². The van der Waals surface area contributed by atoms with E-state index in [0.717, 1.165) is 11.3 Å². The van der Waals surface area contributed by atoms with E-state index in [-0.39, 0.29) is 22.8 Å². The molecule has 0 amide bonds. The number of ether oxygens (including phenoxy) is 1. The largest absolute Gasteiger partial charge is 0.508 e. The summed E-state index contributed by atoms with van der Waals surface area (Å²) >= 11 is 0. The first-order valence-corrected chi connectivity index (χ1v) is 5.98. The highest BCUT2D eigenvalue weighted by atomic mass is 16.5. The molecule has 0 spiro atoms. The molecule has 0 aromatic heterocycles. The molecule has 0 atom stereocenters. The summed E-state index contributed by atoms with van der Waals surface area (Å²) in [6.07, 6.45) is 2.97. The number of rotatable bonds is 4. The molecule has 102 valence electrons. The monoisotopic (exact) mass is 270 g/mol. The smallest absolute Gasteiger partial charge is 0.189 e. The molecule has 2 aromatic carbocycles. The van der Waals surface area contributed by atoms with Crippen LogP contribution in [0, 0.1) is 0 Å². The molecule has 0 bridgehead atoms. The van der Waals surface area contributed by atoms with E-state index in [9.17, 15) is 15.0 Å². The third kappa shape index (κ3) is 3.17. The van der Waals surface area contributed by atoms with Gasteiger partial charge in [0.2, 0.25) is 0 Å². The fourth-order valence-electron chi connectivity index (χ4n) is 1.70. The van der Waals surface area contributed by atoms with Crippen LogP contribution in [0.2, 0.25) is 0 Å². The minimum Gasteiger partial charge on any atom is -0.508 e. The maximum Gasteiger partial charge on any atom is 0.189 e. The van der Waals surface area contributed by atoms with Gasteiger partial charge in [0.15, 0.2) is 5.78 Å². The fourth-order valence-corrected chi connectivity index (χ4v) is 1.70. The Balaban J connectivity index is 2.17. The molecule has 0 saturated heterocycles. The molecule has 2 rings (SSSR count). The van der Waals surface area contributed by atoms with Crippen LogP contribution in [-0.2, 0) is 0 Å². The van der Waals surface area contributed by atoms with Gasteiger partial charge in [-0.1, -0.05) is 18.2 Å². The van der Waals surface area contributed by atoms with Crippen molar-refractivity contribution < 1.29 is 19.7 Å². The van der Waals surface area contributed by atoms with Crippen LogP contribution in [0.25, 0.3) is 6.08 Å². The molecule has 0 fully saturated rings. The summed E-state index contributed by atoms with van der Waals surface area (Å²) in [5.74, 6) is 0.129. The van der Waals surface area contributed by atoms with Crippen LogP contribution < -0.4 is 4.74 Å². The van der Waals surface area contributed by atoms with E-state index in [1.54, 1.807) is 25.3 Å². The highest BCUT2D eigenvalue weighted by Crippen LogP contribution is 2.23. The Hall–Kier alpha value is -2.75. The molecule has 0 aliphatic rings. The van der Waals surface area contributed by atoms with Crippen molar-refractivity contribution in [2.24, 2.45) is 0 Å². The topological polar surface area (TPSA) is 66.8 Å². The number of hydrogen-bond donors (Lipinski definition) is 2. The Morgan fingerprint density at radius 1 is 1.10 bits per heavy atom. The number of allylic oxidation sites excluding steroid dienone is 1. The number of hydrogen-bond acceptors (Lipinski definition) is 4. The molecule has 20 heavy (non-hydrogen) atoms. The van der Waals surface area contributed by atoms with Crippen LogP contribution in [0.1, 0.15) is 15.9 Å². The number of methoxy groups -OCH3 is 1. The van der Waals surface area contributed by atoms with E-state index in [2.05, 4.69) is 0 Å². The zero-order valence-electron chi connectivity index (χ0n) is 10.9. The van der Waals surface area contributed by atoms with Crippen molar-refractivity contribution in [1.29, 1.82) is 0 Å². The predicted molar refractivity (Wildman–Crippen MR) is 76.1 cm³/mol. The fraction of sp³-hybridized carbons (Fsp3) is 0.0625. The Labute approximate surface area is 116 Å². The Bertz CT molecular complexity index is 642. The van der Waals surface area contributed by atoms with Crippen LogP contribution >= 0.6 is 0 Å². The highest BCUT2D eigenvalue weighted by Gasteiger charge is 2.08. The summed E-state index contributed by atoms with van der Waals surface area (Å²) in [6, 6.07) is 11.0. The van der Waals surface area contributed by atoms with Crippen LogP contribution in [0.4, 0.5) is 0 Å². The van der Waals surface area contributed by atoms with Gasteiger partial charge in [-0.2, -0.15) is 0 Å². The van der Waals surface area contributed by atoms with Crippen molar-refractivity contribution >= 4 is 11.9 Å². The van der Waals surface area contributed by atoms with E-state index >= 15 is 0 Å². The Morgan fingerprint density at radius 2 is 1.80 bits per heavy atom. The molecule has 2 N–H and O–H groups in total. The first kappa shape index (κ1) is 13.7. The van der Waals surface area contributed by atoms with Gasteiger partial charge in [-0.15, -0.1) is 0 Å². The Kier molecular flexibility index (Phi) is 4.05. The second-order valence-corrected chi connectivity index (χ2v) is 4.17. The predicted octanol–water partition coefficient (Wildman–Crippen LogP) is 3.00. The lowest BCUT2D eigenvalue weighted by Gasteiger charge is -2.01. The standard InChI is InChI=1S/C16H14O4/c1-20-13-6-2-11(3-7-13)4-8-15(18)14-10-12(17)5-9-16(14)19/h2-10,17,19H,1H3. The third-order valence-electron chi connectivity index (χ3n) is 2.79. The van der Waals surface area contributed by atoms with E-state index < -0.39 is 0 Å². The van der Waals surface area contributed by atoms with Crippen LogP contribution in [-0.4, -0.2) is 23.1 Å². The van der Waals surface area contributed by atoms with Gasteiger partial charge in [0.05, 0.1) is 12.7 Å². The van der Waals surface area contributed by atoms with Crippen molar-refractivity contribution in [2.45, 2.75) is 0 Å². The van der Waals surface area contributed by atoms with Crippen molar-refractivity contribution in [3.05, 3.63) is 59.7 Å². The lowest BCUT2D eigenvalue weighted by atomic mass is 10.1. The second-order valence-electron chi connectivity index (χ2n) is 4.17. The molecule has 0 unspecified atom stereocenters. The maximum absolute atomic E-state index is 11.9. The number of ketones is 1. The van der Waals surface area contributed by atoms with Gasteiger partial charge in [0.25, 0.3) is 0 Å². The molecule has 0 aliphatic heterocycles. The van der Waals surface area contributed by atoms with Crippen molar-refractivity contribution in [2.75, 3.05) is 7.11 Å². The molecular weight excluding hydrogens is 256 g/mol. The molecule has 0 heterocycles. The summed E-state index contributed by atoms with van der Waals surface area (Å²) in [5.41, 5.74) is 0.897. The van der Waals surface area contributed by atoms with Crippen LogP contribution in [0.3, 0.4) is 0 Å². The normalized spacial score (nSPS) is 10.7. The number of benzene rings is 2. The summed E-state index contributed by atoms with van der Waals surface area (Å²) in [7, 11) is 1.58. The van der Waals surface area contributed by atoms with E-state index in [0.29, 0.717) is 0 Å². The van der Waals surface area contributed by atoms with Crippen LogP contribution in [0.5, 0.6) is 17.2 Å². The van der Waals surface area contributed by atoms with Gasteiger partial charge in [-0.3, -0.25) is 4.79 Å². The lowest BCUT2D eigenvalue weighted by molar-refractivity contribution is 0.104. The summed E-state index contributed by atoms with van der Waals surface area (Å²) in [5, 5.41) is 18.9. The molecule has 4 nitrogen and oxygen atoms in total. The average molecular weight is 270 g/mol. The average Bonchev–Trinajstić information content (AvgIpc) is 2.47. The van der Waals surface area contributed by atoms with E-state index in [1.807, 2.05) is 12.1 Å². The minimum absolute atomic E-state index is 0.0646. The molecule has 0 aliphatic carbocycles. The molecule has 0 radical (unpaired) electrons. The minimum atomic E-state index is -0.380. The SMILES string of the molecule is COc1ccc(C=CC(=O)c2cc(O)ccc2O)cc1. The zero-order chi connectivity index (χ0) is 14.5. The molecule has 0 saturated carbocycles. The van der Waals surface area contributed by atoms with Gasteiger partial charge in [-0.05, 0) is 42.0 Å². The number of phenolic OH excluding ortho intramolecular Hbond substituents is 2. The van der Waals surface area contributed by atoms with Crippen molar-refractivity contribution in [3.63, 3.8) is 0 Å². The number of carbonyl (C=O) groups is 1. The quantitative estimate of drug-likeness (QED) is 0.509. The number of carbonyl (C=O) groups excluding carboxylic acids is 1. The molecular formula is C16H14O4.